The van der Waals surface area contributed by atoms with Gasteiger partial charge in [0.1, 0.15) is 23.5 Å². The smallest absolute Gasteiger partial charge is 0.325 e. The summed E-state index contributed by atoms with van der Waals surface area (Å²) in [4.78, 5) is 37.5. The lowest BCUT2D eigenvalue weighted by Gasteiger charge is -2.22. The molecule has 8 heteroatoms. The molecule has 0 aliphatic heterocycles. The van der Waals surface area contributed by atoms with Gasteiger partial charge in [-0.05, 0) is 58.6 Å². The molecule has 1 fully saturated rings. The van der Waals surface area contributed by atoms with Crippen molar-refractivity contribution in [2.45, 2.75) is 71.9 Å². The summed E-state index contributed by atoms with van der Waals surface area (Å²) in [5, 5.41) is 5.77. The van der Waals surface area contributed by atoms with Crippen LogP contribution in [0.25, 0.3) is 10.9 Å². The molecule has 0 saturated heterocycles. The summed E-state index contributed by atoms with van der Waals surface area (Å²) in [6, 6.07) is 2.83. The predicted molar refractivity (Wildman–Crippen MR) is 127 cm³/mol. The molecule has 1 aliphatic rings. The van der Waals surface area contributed by atoms with Crippen LogP contribution in [0.4, 0.5) is 10.1 Å². The summed E-state index contributed by atoms with van der Waals surface area (Å²) in [5.74, 6) is -1.30. The van der Waals surface area contributed by atoms with E-state index in [-0.39, 0.29) is 17.5 Å². The Bertz CT molecular complexity index is 1080. The molecule has 2 N–H and O–H groups in total. The van der Waals surface area contributed by atoms with Gasteiger partial charge in [-0.3, -0.25) is 14.4 Å². The zero-order valence-corrected chi connectivity index (χ0v) is 19.9. The van der Waals surface area contributed by atoms with Gasteiger partial charge in [-0.15, -0.1) is 0 Å². The predicted octanol–water partition coefficient (Wildman–Crippen LogP) is 4.22. The highest BCUT2D eigenvalue weighted by Gasteiger charge is 2.21. The first-order chi connectivity index (χ1) is 15.6. The number of nitrogens with one attached hydrogen (secondary N) is 2. The molecule has 1 aliphatic carbocycles. The first kappa shape index (κ1) is 24.7. The molecule has 180 valence electrons. The van der Waals surface area contributed by atoms with E-state index in [2.05, 4.69) is 10.6 Å². The number of fused-ring (bicyclic) bond motifs is 1. The Morgan fingerprint density at radius 2 is 1.88 bits per heavy atom. The van der Waals surface area contributed by atoms with Gasteiger partial charge in [0.2, 0.25) is 5.43 Å². The van der Waals surface area contributed by atoms with Gasteiger partial charge in [-0.25, -0.2) is 4.39 Å². The molecule has 0 atom stereocenters. The normalized spacial score (nSPS) is 14.8. The SMILES string of the molecule is CCn1cc(C(=O)NCC(=O)OC(C)(C)C)c(=O)c2cc(F)c(NCC3CCCCC3)cc21. The highest BCUT2D eigenvalue weighted by atomic mass is 19.1. The van der Waals surface area contributed by atoms with Crippen LogP contribution in [-0.2, 0) is 16.1 Å². The average molecular weight is 460 g/mol. The van der Waals surface area contributed by atoms with E-state index in [0.717, 1.165) is 12.8 Å². The van der Waals surface area contributed by atoms with Crippen molar-refractivity contribution in [3.63, 3.8) is 0 Å². The van der Waals surface area contributed by atoms with Gasteiger partial charge in [0.15, 0.2) is 0 Å². The number of halogens is 1. The fraction of sp³-hybridized carbons (Fsp3) is 0.560. The van der Waals surface area contributed by atoms with Crippen LogP contribution >= 0.6 is 0 Å². The molecule has 1 aromatic carbocycles. The number of benzene rings is 1. The number of anilines is 1. The number of hydrogen-bond acceptors (Lipinski definition) is 5. The second-order valence-electron chi connectivity index (χ2n) is 9.66. The second kappa shape index (κ2) is 10.4. The number of aryl methyl sites for hydroxylation is 1. The van der Waals surface area contributed by atoms with E-state index >= 15 is 0 Å². The maximum atomic E-state index is 14.9. The molecule has 3 rings (SSSR count). The van der Waals surface area contributed by atoms with E-state index < -0.39 is 28.7 Å². The molecule has 1 heterocycles. The summed E-state index contributed by atoms with van der Waals surface area (Å²) in [7, 11) is 0. The third-order valence-corrected chi connectivity index (χ3v) is 5.87. The lowest BCUT2D eigenvalue weighted by Crippen LogP contribution is -2.36. The van der Waals surface area contributed by atoms with Crippen LogP contribution in [0, 0.1) is 11.7 Å². The summed E-state index contributed by atoms with van der Waals surface area (Å²) < 4.78 is 21.8. The van der Waals surface area contributed by atoms with Crippen LogP contribution in [0.1, 0.15) is 70.2 Å². The van der Waals surface area contributed by atoms with Crippen molar-refractivity contribution in [3.05, 3.63) is 39.9 Å². The highest BCUT2D eigenvalue weighted by Crippen LogP contribution is 2.26. The maximum absolute atomic E-state index is 14.9. The molecule has 7 nitrogen and oxygen atoms in total. The minimum absolute atomic E-state index is 0.127. The Morgan fingerprint density at radius 3 is 2.52 bits per heavy atom. The van der Waals surface area contributed by atoms with Gasteiger partial charge >= 0.3 is 5.97 Å². The van der Waals surface area contributed by atoms with E-state index in [0.29, 0.717) is 30.2 Å². The van der Waals surface area contributed by atoms with E-state index in [1.807, 2.05) is 6.92 Å². The largest absolute Gasteiger partial charge is 0.459 e. The number of carbonyl (C=O) groups is 2. The number of aromatic nitrogens is 1. The van der Waals surface area contributed by atoms with Crippen LogP contribution in [0.3, 0.4) is 0 Å². The molecule has 33 heavy (non-hydrogen) atoms. The fourth-order valence-corrected chi connectivity index (χ4v) is 4.24. The summed E-state index contributed by atoms with van der Waals surface area (Å²) in [6.07, 6.45) is 7.42. The van der Waals surface area contributed by atoms with Gasteiger partial charge in [-0.1, -0.05) is 19.3 Å². The van der Waals surface area contributed by atoms with Crippen molar-refractivity contribution in [2.75, 3.05) is 18.4 Å². The van der Waals surface area contributed by atoms with Crippen LogP contribution < -0.4 is 16.1 Å². The molecule has 1 saturated carbocycles. The first-order valence-electron chi connectivity index (χ1n) is 11.7. The van der Waals surface area contributed by atoms with Crippen molar-refractivity contribution in [2.24, 2.45) is 5.92 Å². The minimum atomic E-state index is -0.699. The van der Waals surface area contributed by atoms with Crippen molar-refractivity contribution >= 4 is 28.5 Å². The van der Waals surface area contributed by atoms with Crippen molar-refractivity contribution < 1.29 is 18.7 Å². The van der Waals surface area contributed by atoms with Crippen LogP contribution in [-0.4, -0.2) is 35.1 Å². The molecule has 1 amide bonds. The number of ether oxygens (including phenoxy) is 1. The summed E-state index contributed by atoms with van der Waals surface area (Å²) in [6.45, 7) is 7.87. The Kier molecular flexibility index (Phi) is 7.76. The number of nitrogens with zero attached hydrogens (tertiary/aromatic N) is 1. The molecular formula is C25H34FN3O4. The zero-order chi connectivity index (χ0) is 24.2. The number of hydrogen-bond donors (Lipinski definition) is 2. The Labute approximate surface area is 193 Å². The van der Waals surface area contributed by atoms with Crippen LogP contribution in [0.5, 0.6) is 0 Å². The molecule has 0 unspecified atom stereocenters. The van der Waals surface area contributed by atoms with E-state index in [9.17, 15) is 18.8 Å². The number of rotatable bonds is 7. The topological polar surface area (TPSA) is 89.4 Å². The quantitative estimate of drug-likeness (QED) is 0.605. The van der Waals surface area contributed by atoms with Gasteiger partial charge < -0.3 is 19.9 Å². The standard InChI is InChI=1S/C25H34FN3O4/c1-5-29-15-18(24(32)28-14-22(30)33-25(2,3)4)23(31)17-11-19(26)20(12-21(17)29)27-13-16-9-7-6-8-10-16/h11-12,15-16,27H,5-10,13-14H2,1-4H3,(H,28,32). The number of amides is 1. The third-order valence-electron chi connectivity index (χ3n) is 5.87. The Balaban J connectivity index is 1.83. The molecule has 0 radical (unpaired) electrons. The maximum Gasteiger partial charge on any atom is 0.325 e. The van der Waals surface area contributed by atoms with Gasteiger partial charge in [-0.2, -0.15) is 0 Å². The van der Waals surface area contributed by atoms with Gasteiger partial charge in [0.25, 0.3) is 5.91 Å². The van der Waals surface area contributed by atoms with Gasteiger partial charge in [0.05, 0.1) is 11.2 Å². The molecule has 2 aromatic rings. The zero-order valence-electron chi connectivity index (χ0n) is 19.9. The number of esters is 1. The van der Waals surface area contributed by atoms with Gasteiger partial charge in [0, 0.05) is 24.7 Å². The lowest BCUT2D eigenvalue weighted by molar-refractivity contribution is -0.153. The second-order valence-corrected chi connectivity index (χ2v) is 9.66. The molecule has 0 spiro atoms. The summed E-state index contributed by atoms with van der Waals surface area (Å²) in [5.41, 5.74) is -0.486. The van der Waals surface area contributed by atoms with Crippen LogP contribution in [0.15, 0.2) is 23.1 Å². The van der Waals surface area contributed by atoms with Crippen LogP contribution in [0.2, 0.25) is 0 Å². The van der Waals surface area contributed by atoms with Crippen molar-refractivity contribution in [3.8, 4) is 0 Å². The third kappa shape index (κ3) is 6.33. The fourth-order valence-electron chi connectivity index (χ4n) is 4.24. The number of pyridine rings is 1. The lowest BCUT2D eigenvalue weighted by atomic mass is 9.89. The number of carbonyl (C=O) groups excluding carboxylic acids is 2. The highest BCUT2D eigenvalue weighted by molar-refractivity contribution is 5.99. The summed E-state index contributed by atoms with van der Waals surface area (Å²) >= 11 is 0. The van der Waals surface area contributed by atoms with Crippen molar-refractivity contribution in [1.82, 2.24) is 9.88 Å². The van der Waals surface area contributed by atoms with E-state index in [1.165, 1.54) is 31.5 Å². The molecule has 0 bridgehead atoms. The van der Waals surface area contributed by atoms with E-state index in [4.69, 9.17) is 4.74 Å². The molecular weight excluding hydrogens is 425 g/mol. The van der Waals surface area contributed by atoms with E-state index in [1.54, 1.807) is 31.4 Å². The Hall–Kier alpha value is -2.90. The van der Waals surface area contributed by atoms with Crippen molar-refractivity contribution in [1.29, 1.82) is 0 Å². The monoisotopic (exact) mass is 459 g/mol. The molecule has 1 aromatic heterocycles. The first-order valence-corrected chi connectivity index (χ1v) is 11.7. The Morgan fingerprint density at radius 1 is 1.18 bits per heavy atom. The average Bonchev–Trinajstić information content (AvgIpc) is 2.76. The minimum Gasteiger partial charge on any atom is -0.459 e.